The zero-order chi connectivity index (χ0) is 12.0. The van der Waals surface area contributed by atoms with Gasteiger partial charge in [-0.25, -0.2) is 0 Å². The first-order valence-electron chi connectivity index (χ1n) is 5.83. The van der Waals surface area contributed by atoms with Crippen LogP contribution in [0.2, 0.25) is 0 Å². The minimum absolute atomic E-state index is 0.00812. The van der Waals surface area contributed by atoms with Gasteiger partial charge in [0, 0.05) is 12.0 Å². The third kappa shape index (κ3) is 1.78. The van der Waals surface area contributed by atoms with E-state index in [9.17, 15) is 9.90 Å². The highest BCUT2D eigenvalue weighted by molar-refractivity contribution is 5.95. The maximum Gasteiger partial charge on any atom is 0.254 e. The molecule has 4 heteroatoms. The van der Waals surface area contributed by atoms with Crippen LogP contribution in [0.5, 0.6) is 5.75 Å². The molecule has 1 aromatic rings. The number of carbonyl (C=O) groups is 1. The van der Waals surface area contributed by atoms with Gasteiger partial charge in [0.05, 0.1) is 25.3 Å². The van der Waals surface area contributed by atoms with Gasteiger partial charge in [0.2, 0.25) is 0 Å². The highest BCUT2D eigenvalue weighted by Gasteiger charge is 2.39. The van der Waals surface area contributed by atoms with Crippen LogP contribution < -0.4 is 4.74 Å². The van der Waals surface area contributed by atoms with Crippen molar-refractivity contribution in [2.75, 3.05) is 19.7 Å². The Kier molecular flexibility index (Phi) is 2.16. The van der Waals surface area contributed by atoms with Crippen LogP contribution >= 0.6 is 0 Å². The molecule has 2 aliphatic heterocycles. The number of carbonyl (C=O) groups excluding carboxylic acids is 1. The van der Waals surface area contributed by atoms with E-state index in [0.29, 0.717) is 25.3 Å². The van der Waals surface area contributed by atoms with Gasteiger partial charge in [0.1, 0.15) is 5.75 Å². The quantitative estimate of drug-likeness (QED) is 0.781. The van der Waals surface area contributed by atoms with E-state index < -0.39 is 5.60 Å². The Balaban J connectivity index is 1.79. The van der Waals surface area contributed by atoms with E-state index in [2.05, 4.69) is 0 Å². The lowest BCUT2D eigenvalue weighted by atomic mass is 9.95. The lowest BCUT2D eigenvalue weighted by Crippen LogP contribution is -2.61. The van der Waals surface area contributed by atoms with E-state index in [4.69, 9.17) is 4.74 Å². The molecule has 1 amide bonds. The summed E-state index contributed by atoms with van der Waals surface area (Å²) in [6.45, 7) is 3.28. The molecule has 90 valence electrons. The number of amides is 1. The molecule has 1 N–H and O–H groups in total. The Morgan fingerprint density at radius 2 is 2.24 bits per heavy atom. The molecular formula is C13H15NO3. The van der Waals surface area contributed by atoms with Crippen LogP contribution in [0.1, 0.15) is 22.8 Å². The Hall–Kier alpha value is -1.55. The summed E-state index contributed by atoms with van der Waals surface area (Å²) in [7, 11) is 0. The number of rotatable bonds is 1. The summed E-state index contributed by atoms with van der Waals surface area (Å²) in [4.78, 5) is 13.8. The van der Waals surface area contributed by atoms with Gasteiger partial charge in [0.15, 0.2) is 0 Å². The van der Waals surface area contributed by atoms with Crippen molar-refractivity contribution >= 4 is 5.91 Å². The molecule has 2 heterocycles. The lowest BCUT2D eigenvalue weighted by Gasteiger charge is -2.44. The van der Waals surface area contributed by atoms with E-state index >= 15 is 0 Å². The van der Waals surface area contributed by atoms with E-state index in [1.807, 2.05) is 12.1 Å². The Bertz CT molecular complexity index is 474. The topological polar surface area (TPSA) is 49.8 Å². The summed E-state index contributed by atoms with van der Waals surface area (Å²) in [6, 6.07) is 5.55. The third-order valence-electron chi connectivity index (χ3n) is 3.29. The number of aliphatic hydroxyl groups is 1. The van der Waals surface area contributed by atoms with Gasteiger partial charge in [-0.1, -0.05) is 0 Å². The number of fused-ring (bicyclic) bond motifs is 1. The molecule has 17 heavy (non-hydrogen) atoms. The van der Waals surface area contributed by atoms with Crippen LogP contribution in [0.15, 0.2) is 18.2 Å². The summed E-state index contributed by atoms with van der Waals surface area (Å²) < 4.78 is 5.40. The normalized spacial score (nSPS) is 20.5. The van der Waals surface area contributed by atoms with E-state index in [1.165, 1.54) is 0 Å². The summed E-state index contributed by atoms with van der Waals surface area (Å²) in [5.41, 5.74) is 1.07. The van der Waals surface area contributed by atoms with Crippen LogP contribution in [0.25, 0.3) is 0 Å². The number of hydrogen-bond donors (Lipinski definition) is 1. The number of benzene rings is 1. The summed E-state index contributed by atoms with van der Waals surface area (Å²) in [6.07, 6.45) is 0.869. The van der Waals surface area contributed by atoms with Crippen LogP contribution in [-0.2, 0) is 6.42 Å². The van der Waals surface area contributed by atoms with Gasteiger partial charge in [-0.2, -0.15) is 0 Å². The zero-order valence-electron chi connectivity index (χ0n) is 9.77. The molecule has 0 bridgehead atoms. The van der Waals surface area contributed by atoms with Crippen LogP contribution in [0.4, 0.5) is 0 Å². The SMILES string of the molecule is CC1(O)CN(C(=O)c2ccc3c(c2)CCO3)C1. The molecule has 0 unspecified atom stereocenters. The van der Waals surface area contributed by atoms with Crippen molar-refractivity contribution in [1.82, 2.24) is 4.90 Å². The zero-order valence-corrected chi connectivity index (χ0v) is 9.77. The fraction of sp³-hybridized carbons (Fsp3) is 0.462. The van der Waals surface area contributed by atoms with Crippen molar-refractivity contribution < 1.29 is 14.6 Å². The standard InChI is InChI=1S/C13H15NO3/c1-13(16)7-14(8-13)12(15)10-2-3-11-9(6-10)4-5-17-11/h2-3,6,16H,4-5,7-8H2,1H3. The van der Waals surface area contributed by atoms with Gasteiger partial charge >= 0.3 is 0 Å². The van der Waals surface area contributed by atoms with Gasteiger partial charge in [-0.15, -0.1) is 0 Å². The fourth-order valence-electron chi connectivity index (χ4n) is 2.42. The second-order valence-electron chi connectivity index (χ2n) is 5.08. The highest BCUT2D eigenvalue weighted by atomic mass is 16.5. The van der Waals surface area contributed by atoms with Crippen molar-refractivity contribution in [2.24, 2.45) is 0 Å². The predicted molar refractivity (Wildman–Crippen MR) is 62.2 cm³/mol. The van der Waals surface area contributed by atoms with Crippen molar-refractivity contribution in [3.05, 3.63) is 29.3 Å². The molecular weight excluding hydrogens is 218 g/mol. The number of hydrogen-bond acceptors (Lipinski definition) is 3. The predicted octanol–water partition coefficient (Wildman–Crippen LogP) is 0.828. The maximum atomic E-state index is 12.1. The first-order chi connectivity index (χ1) is 8.05. The molecule has 4 nitrogen and oxygen atoms in total. The first kappa shape index (κ1) is 10.6. The maximum absolute atomic E-state index is 12.1. The minimum Gasteiger partial charge on any atom is -0.493 e. The first-order valence-corrected chi connectivity index (χ1v) is 5.83. The third-order valence-corrected chi connectivity index (χ3v) is 3.29. The Morgan fingerprint density at radius 3 is 2.94 bits per heavy atom. The molecule has 0 saturated carbocycles. The molecule has 0 radical (unpaired) electrons. The number of nitrogens with zero attached hydrogens (tertiary/aromatic N) is 1. The molecule has 0 atom stereocenters. The summed E-state index contributed by atoms with van der Waals surface area (Å²) in [5, 5.41) is 9.62. The molecule has 2 aliphatic rings. The van der Waals surface area contributed by atoms with E-state index in [-0.39, 0.29) is 5.91 Å². The van der Waals surface area contributed by atoms with Crippen LogP contribution in [0.3, 0.4) is 0 Å². The Morgan fingerprint density at radius 1 is 1.47 bits per heavy atom. The van der Waals surface area contributed by atoms with Crippen molar-refractivity contribution in [2.45, 2.75) is 18.9 Å². The average molecular weight is 233 g/mol. The molecule has 0 aliphatic carbocycles. The van der Waals surface area contributed by atoms with Crippen LogP contribution in [-0.4, -0.2) is 41.2 Å². The van der Waals surface area contributed by atoms with Crippen molar-refractivity contribution in [1.29, 1.82) is 0 Å². The molecule has 0 aromatic heterocycles. The van der Waals surface area contributed by atoms with E-state index in [0.717, 1.165) is 17.7 Å². The molecule has 1 saturated heterocycles. The van der Waals surface area contributed by atoms with Crippen molar-refractivity contribution in [3.63, 3.8) is 0 Å². The monoisotopic (exact) mass is 233 g/mol. The van der Waals surface area contributed by atoms with Gasteiger partial charge in [0.25, 0.3) is 5.91 Å². The lowest BCUT2D eigenvalue weighted by molar-refractivity contribution is -0.0668. The second kappa shape index (κ2) is 3.47. The number of β-amino-alcohol motifs (C(OH)–C–C–N with tert-alkyl or cyclic N) is 1. The fourth-order valence-corrected chi connectivity index (χ4v) is 2.42. The number of likely N-dealkylation sites (tertiary alicyclic amines) is 1. The second-order valence-corrected chi connectivity index (χ2v) is 5.08. The average Bonchev–Trinajstić information content (AvgIpc) is 2.71. The summed E-state index contributed by atoms with van der Waals surface area (Å²) in [5.74, 6) is 0.878. The molecule has 3 rings (SSSR count). The van der Waals surface area contributed by atoms with Gasteiger partial charge in [-0.3, -0.25) is 4.79 Å². The molecule has 1 fully saturated rings. The van der Waals surface area contributed by atoms with Crippen LogP contribution in [0, 0.1) is 0 Å². The van der Waals surface area contributed by atoms with Gasteiger partial charge < -0.3 is 14.7 Å². The molecule has 1 aromatic carbocycles. The minimum atomic E-state index is -0.713. The smallest absolute Gasteiger partial charge is 0.254 e. The van der Waals surface area contributed by atoms with Crippen molar-refractivity contribution in [3.8, 4) is 5.75 Å². The van der Waals surface area contributed by atoms with E-state index in [1.54, 1.807) is 17.9 Å². The van der Waals surface area contributed by atoms with Gasteiger partial charge in [-0.05, 0) is 30.7 Å². The summed E-state index contributed by atoms with van der Waals surface area (Å²) >= 11 is 0. The highest BCUT2D eigenvalue weighted by Crippen LogP contribution is 2.28. The Labute approximate surface area is 99.8 Å². The molecule has 0 spiro atoms. The number of ether oxygens (including phenoxy) is 1. The largest absolute Gasteiger partial charge is 0.493 e.